The summed E-state index contributed by atoms with van der Waals surface area (Å²) in [7, 11) is 0. The Bertz CT molecular complexity index is 1370. The Morgan fingerprint density at radius 3 is 2.62 bits per heavy atom. The lowest BCUT2D eigenvalue weighted by molar-refractivity contribution is -0.133. The first-order valence-corrected chi connectivity index (χ1v) is 12.2. The molecule has 0 radical (unpaired) electrons. The van der Waals surface area contributed by atoms with Gasteiger partial charge in [-0.25, -0.2) is 4.98 Å². The first kappa shape index (κ1) is 26.5. The van der Waals surface area contributed by atoms with Crippen LogP contribution in [0.3, 0.4) is 0 Å². The monoisotopic (exact) mass is 531 g/mol. The van der Waals surface area contributed by atoms with Gasteiger partial charge in [0, 0.05) is 18.6 Å². The average Bonchev–Trinajstić information content (AvgIpc) is 3.55. The summed E-state index contributed by atoms with van der Waals surface area (Å²) in [5, 5.41) is 33.1. The van der Waals surface area contributed by atoms with Crippen LogP contribution in [0, 0.1) is 22.7 Å². The molecular formula is C24H25ClF3N9. The molecule has 3 N–H and O–H groups in total. The van der Waals surface area contributed by atoms with Crippen molar-refractivity contribution in [3.8, 4) is 12.1 Å². The molecule has 194 valence electrons. The number of aromatic nitrogens is 4. The third kappa shape index (κ3) is 6.59. The van der Waals surface area contributed by atoms with Gasteiger partial charge in [0.2, 0.25) is 5.95 Å². The molecule has 9 nitrogen and oxygen atoms in total. The first-order valence-electron chi connectivity index (χ1n) is 11.8. The molecule has 1 aliphatic rings. The number of rotatable bonds is 10. The molecule has 2 heterocycles. The zero-order valence-electron chi connectivity index (χ0n) is 20.2. The van der Waals surface area contributed by atoms with Gasteiger partial charge in [-0.15, -0.1) is 5.10 Å². The Hall–Kier alpha value is -3.61. The number of alkyl halides is 3. The normalized spacial score (nSPS) is 15.1. The van der Waals surface area contributed by atoms with Crippen LogP contribution in [0.1, 0.15) is 62.3 Å². The van der Waals surface area contributed by atoms with E-state index in [-0.39, 0.29) is 36.2 Å². The van der Waals surface area contributed by atoms with E-state index in [0.717, 1.165) is 12.8 Å². The predicted octanol–water partition coefficient (Wildman–Crippen LogP) is 5.26. The SMILES string of the molecule is CC(CC(C)c1cc(Cl)c(Nc2nc(NC3CC3)c3ncc(C#N)n3n2)cc1C#N)NCCC(F)(F)F. The van der Waals surface area contributed by atoms with Gasteiger partial charge in [0.05, 0.1) is 35.0 Å². The summed E-state index contributed by atoms with van der Waals surface area (Å²) in [5.41, 5.74) is 2.14. The van der Waals surface area contributed by atoms with Gasteiger partial charge in [0.15, 0.2) is 17.2 Å². The molecule has 0 saturated heterocycles. The Labute approximate surface area is 216 Å². The maximum absolute atomic E-state index is 12.4. The zero-order chi connectivity index (χ0) is 26.7. The van der Waals surface area contributed by atoms with Crippen LogP contribution in [0.5, 0.6) is 0 Å². The van der Waals surface area contributed by atoms with E-state index < -0.39 is 12.6 Å². The van der Waals surface area contributed by atoms with Crippen molar-refractivity contribution in [3.05, 3.63) is 40.2 Å². The predicted molar refractivity (Wildman–Crippen MR) is 133 cm³/mol. The third-order valence-electron chi connectivity index (χ3n) is 6.04. The fourth-order valence-electron chi connectivity index (χ4n) is 4.04. The van der Waals surface area contributed by atoms with E-state index in [1.165, 1.54) is 10.7 Å². The summed E-state index contributed by atoms with van der Waals surface area (Å²) < 4.78 is 38.7. The molecule has 0 spiro atoms. The molecule has 1 saturated carbocycles. The quantitative estimate of drug-likeness (QED) is 0.323. The van der Waals surface area contributed by atoms with Gasteiger partial charge in [-0.3, -0.25) is 0 Å². The Morgan fingerprint density at radius 1 is 1.22 bits per heavy atom. The molecule has 13 heteroatoms. The number of nitriles is 2. The highest BCUT2D eigenvalue weighted by molar-refractivity contribution is 6.33. The van der Waals surface area contributed by atoms with Crippen LogP contribution in [-0.4, -0.2) is 44.4 Å². The second-order valence-electron chi connectivity index (χ2n) is 9.21. The first-order chi connectivity index (χ1) is 17.6. The minimum Gasteiger partial charge on any atom is -0.364 e. The summed E-state index contributed by atoms with van der Waals surface area (Å²) in [6.07, 6.45) is -1.15. The topological polar surface area (TPSA) is 127 Å². The van der Waals surface area contributed by atoms with Gasteiger partial charge in [0.25, 0.3) is 0 Å². The van der Waals surface area contributed by atoms with Crippen LogP contribution >= 0.6 is 11.6 Å². The zero-order valence-corrected chi connectivity index (χ0v) is 21.0. The van der Waals surface area contributed by atoms with E-state index in [1.807, 2.05) is 19.9 Å². The Balaban J connectivity index is 1.54. The standard InChI is InChI=1S/C24H25ClF3N9/c1-13(7-14(2)31-6-5-24(26,27)28)18-9-19(25)20(8-15(18)10-29)34-23-35-21(33-16-3-4-16)22-32-12-17(11-30)37(22)36-23/h8-9,12-14,16,31H,3-7H2,1-2H3,(H2,33,34,35,36). The molecule has 37 heavy (non-hydrogen) atoms. The van der Waals surface area contributed by atoms with Crippen molar-refractivity contribution in [2.24, 2.45) is 0 Å². The van der Waals surface area contributed by atoms with E-state index >= 15 is 0 Å². The molecule has 2 atom stereocenters. The second kappa shape index (κ2) is 10.8. The summed E-state index contributed by atoms with van der Waals surface area (Å²) in [6, 6.07) is 7.59. The second-order valence-corrected chi connectivity index (χ2v) is 9.61. The lowest BCUT2D eigenvalue weighted by Gasteiger charge is -2.21. The molecule has 2 unspecified atom stereocenters. The Morgan fingerprint density at radius 2 is 1.97 bits per heavy atom. The number of benzene rings is 1. The molecule has 1 fully saturated rings. The third-order valence-corrected chi connectivity index (χ3v) is 6.35. The maximum atomic E-state index is 12.4. The fraction of sp³-hybridized carbons (Fsp3) is 0.458. The van der Waals surface area contributed by atoms with Crippen molar-refractivity contribution in [1.82, 2.24) is 24.9 Å². The lowest BCUT2D eigenvalue weighted by atomic mass is 9.90. The summed E-state index contributed by atoms with van der Waals surface area (Å²) in [5.74, 6) is 0.510. The van der Waals surface area contributed by atoms with Crippen molar-refractivity contribution in [1.29, 1.82) is 10.5 Å². The van der Waals surface area contributed by atoms with E-state index in [0.29, 0.717) is 39.7 Å². The van der Waals surface area contributed by atoms with Crippen LogP contribution in [0.4, 0.5) is 30.6 Å². The molecule has 1 aliphatic carbocycles. The van der Waals surface area contributed by atoms with Crippen LogP contribution in [0.2, 0.25) is 5.02 Å². The molecule has 0 amide bonds. The minimum absolute atomic E-state index is 0.138. The van der Waals surface area contributed by atoms with Crippen molar-refractivity contribution < 1.29 is 13.2 Å². The largest absolute Gasteiger partial charge is 0.390 e. The van der Waals surface area contributed by atoms with E-state index in [2.05, 4.69) is 37.1 Å². The number of hydrogen-bond donors (Lipinski definition) is 3. The highest BCUT2D eigenvalue weighted by Gasteiger charge is 2.27. The van der Waals surface area contributed by atoms with Gasteiger partial charge in [-0.2, -0.15) is 33.2 Å². The van der Waals surface area contributed by atoms with Crippen LogP contribution < -0.4 is 16.0 Å². The molecule has 0 bridgehead atoms. The maximum Gasteiger partial charge on any atom is 0.390 e. The fourth-order valence-corrected chi connectivity index (χ4v) is 4.26. The summed E-state index contributed by atoms with van der Waals surface area (Å²) >= 11 is 6.56. The smallest absolute Gasteiger partial charge is 0.364 e. The van der Waals surface area contributed by atoms with E-state index in [9.17, 15) is 23.7 Å². The number of nitrogens with zero attached hydrogens (tertiary/aromatic N) is 6. The highest BCUT2D eigenvalue weighted by Crippen LogP contribution is 2.34. The number of nitrogens with one attached hydrogen (secondary N) is 3. The minimum atomic E-state index is -4.21. The molecule has 0 aliphatic heterocycles. The lowest BCUT2D eigenvalue weighted by Crippen LogP contribution is -2.31. The van der Waals surface area contributed by atoms with Crippen molar-refractivity contribution in [2.45, 2.75) is 63.7 Å². The van der Waals surface area contributed by atoms with Gasteiger partial charge in [0.1, 0.15) is 6.07 Å². The van der Waals surface area contributed by atoms with E-state index in [4.69, 9.17) is 11.6 Å². The molecule has 4 rings (SSSR count). The molecular weight excluding hydrogens is 507 g/mol. The van der Waals surface area contributed by atoms with Crippen molar-refractivity contribution >= 4 is 34.7 Å². The van der Waals surface area contributed by atoms with Gasteiger partial charge in [-0.1, -0.05) is 18.5 Å². The van der Waals surface area contributed by atoms with E-state index in [1.54, 1.807) is 12.1 Å². The molecule has 1 aromatic carbocycles. The summed E-state index contributed by atoms with van der Waals surface area (Å²) in [4.78, 5) is 8.75. The number of hydrogen-bond acceptors (Lipinski definition) is 8. The average molecular weight is 532 g/mol. The van der Waals surface area contributed by atoms with Crippen molar-refractivity contribution in [3.63, 3.8) is 0 Å². The number of imidazole rings is 1. The molecule has 2 aromatic heterocycles. The van der Waals surface area contributed by atoms with Gasteiger partial charge in [-0.05, 0) is 49.8 Å². The van der Waals surface area contributed by atoms with Crippen LogP contribution in [0.15, 0.2) is 18.3 Å². The van der Waals surface area contributed by atoms with Crippen molar-refractivity contribution in [2.75, 3.05) is 17.2 Å². The number of fused-ring (bicyclic) bond motifs is 1. The summed E-state index contributed by atoms with van der Waals surface area (Å²) in [6.45, 7) is 3.54. The Kier molecular flexibility index (Phi) is 7.71. The van der Waals surface area contributed by atoms with Crippen LogP contribution in [-0.2, 0) is 0 Å². The van der Waals surface area contributed by atoms with Gasteiger partial charge < -0.3 is 16.0 Å². The highest BCUT2D eigenvalue weighted by atomic mass is 35.5. The number of anilines is 3. The number of halogens is 4. The van der Waals surface area contributed by atoms with Gasteiger partial charge >= 0.3 is 6.18 Å². The molecule has 3 aromatic rings. The van der Waals surface area contributed by atoms with Crippen LogP contribution in [0.25, 0.3) is 5.65 Å².